The average molecular weight is 284 g/mol. The number of nitrogens with one attached hydrogen (secondary N) is 2. The van der Waals surface area contributed by atoms with Crippen molar-refractivity contribution in [2.75, 3.05) is 17.9 Å². The van der Waals surface area contributed by atoms with E-state index >= 15 is 0 Å². The lowest BCUT2D eigenvalue weighted by molar-refractivity contribution is 0.416. The molecule has 0 saturated carbocycles. The minimum atomic E-state index is 0.470. The fraction of sp³-hybridized carbons (Fsp3) is 0.214. The zero-order chi connectivity index (χ0) is 15.2. The SMILES string of the molecule is CCc1c(NN)ncnc1Nc1c(C#N)cccc1OC. The maximum absolute atomic E-state index is 9.23. The minimum absolute atomic E-state index is 0.470. The Morgan fingerprint density at radius 2 is 2.10 bits per heavy atom. The summed E-state index contributed by atoms with van der Waals surface area (Å²) in [6.45, 7) is 1.97. The van der Waals surface area contributed by atoms with Crippen molar-refractivity contribution in [2.45, 2.75) is 13.3 Å². The molecular formula is C14H16N6O. The average Bonchev–Trinajstić information content (AvgIpc) is 2.54. The number of ether oxygens (including phenoxy) is 1. The van der Waals surface area contributed by atoms with Crippen LogP contribution in [0.15, 0.2) is 24.5 Å². The van der Waals surface area contributed by atoms with E-state index in [1.54, 1.807) is 25.3 Å². The van der Waals surface area contributed by atoms with E-state index in [1.165, 1.54) is 6.33 Å². The van der Waals surface area contributed by atoms with Gasteiger partial charge >= 0.3 is 0 Å². The van der Waals surface area contributed by atoms with E-state index in [0.29, 0.717) is 35.1 Å². The zero-order valence-electron chi connectivity index (χ0n) is 11.8. The van der Waals surface area contributed by atoms with Crippen molar-refractivity contribution >= 4 is 17.3 Å². The molecule has 0 fully saturated rings. The predicted octanol–water partition coefficient (Wildman–Crippen LogP) is 1.95. The van der Waals surface area contributed by atoms with Crippen LogP contribution in [0.2, 0.25) is 0 Å². The number of rotatable bonds is 5. The molecule has 0 atom stereocenters. The molecule has 2 rings (SSSR count). The maximum atomic E-state index is 9.23. The number of nitrogens with two attached hydrogens (primary N) is 1. The Morgan fingerprint density at radius 3 is 2.71 bits per heavy atom. The van der Waals surface area contributed by atoms with Gasteiger partial charge in [-0.25, -0.2) is 15.8 Å². The van der Waals surface area contributed by atoms with Gasteiger partial charge in [0, 0.05) is 5.56 Å². The van der Waals surface area contributed by atoms with Gasteiger partial charge in [0.15, 0.2) is 0 Å². The third kappa shape index (κ3) is 2.85. The Hall–Kier alpha value is -2.85. The molecule has 0 unspecified atom stereocenters. The van der Waals surface area contributed by atoms with E-state index in [9.17, 15) is 5.26 Å². The molecule has 1 heterocycles. The molecule has 2 aromatic rings. The zero-order valence-corrected chi connectivity index (χ0v) is 11.8. The van der Waals surface area contributed by atoms with Crippen LogP contribution in [0.4, 0.5) is 17.3 Å². The molecule has 7 heteroatoms. The summed E-state index contributed by atoms with van der Waals surface area (Å²) in [6, 6.07) is 7.37. The first-order valence-electron chi connectivity index (χ1n) is 6.39. The second-order valence-electron chi connectivity index (χ2n) is 4.17. The van der Waals surface area contributed by atoms with Crippen molar-refractivity contribution in [3.05, 3.63) is 35.7 Å². The van der Waals surface area contributed by atoms with E-state index in [0.717, 1.165) is 5.56 Å². The number of nitriles is 1. The highest BCUT2D eigenvalue weighted by Gasteiger charge is 2.14. The Balaban J connectivity index is 2.51. The second-order valence-corrected chi connectivity index (χ2v) is 4.17. The number of hydrazine groups is 1. The number of aromatic nitrogens is 2. The monoisotopic (exact) mass is 284 g/mol. The number of nitrogens with zero attached hydrogens (tertiary/aromatic N) is 3. The van der Waals surface area contributed by atoms with Gasteiger partial charge < -0.3 is 15.5 Å². The van der Waals surface area contributed by atoms with Crippen molar-refractivity contribution in [3.63, 3.8) is 0 Å². The van der Waals surface area contributed by atoms with E-state index in [-0.39, 0.29) is 0 Å². The van der Waals surface area contributed by atoms with Gasteiger partial charge in [-0.15, -0.1) is 0 Å². The number of hydrogen-bond acceptors (Lipinski definition) is 7. The summed E-state index contributed by atoms with van der Waals surface area (Å²) in [7, 11) is 1.55. The summed E-state index contributed by atoms with van der Waals surface area (Å²) < 4.78 is 5.29. The van der Waals surface area contributed by atoms with Crippen molar-refractivity contribution in [1.82, 2.24) is 9.97 Å². The lowest BCUT2D eigenvalue weighted by Gasteiger charge is -2.15. The van der Waals surface area contributed by atoms with Gasteiger partial charge in [-0.1, -0.05) is 13.0 Å². The molecule has 0 aliphatic rings. The number of para-hydroxylation sites is 1. The van der Waals surface area contributed by atoms with Crippen LogP contribution in [0.1, 0.15) is 18.1 Å². The predicted molar refractivity (Wildman–Crippen MR) is 80.2 cm³/mol. The van der Waals surface area contributed by atoms with Crippen molar-refractivity contribution < 1.29 is 4.74 Å². The molecule has 1 aromatic heterocycles. The van der Waals surface area contributed by atoms with E-state index < -0.39 is 0 Å². The number of benzene rings is 1. The quantitative estimate of drug-likeness (QED) is 0.568. The summed E-state index contributed by atoms with van der Waals surface area (Å²) in [4.78, 5) is 8.29. The van der Waals surface area contributed by atoms with Crippen LogP contribution in [-0.4, -0.2) is 17.1 Å². The van der Waals surface area contributed by atoms with Gasteiger partial charge in [0.2, 0.25) is 0 Å². The Kier molecular flexibility index (Phi) is 4.53. The van der Waals surface area contributed by atoms with Crippen LogP contribution in [0, 0.1) is 11.3 Å². The molecular weight excluding hydrogens is 268 g/mol. The highest BCUT2D eigenvalue weighted by Crippen LogP contribution is 2.32. The molecule has 7 nitrogen and oxygen atoms in total. The van der Waals surface area contributed by atoms with Gasteiger partial charge in [0.05, 0.1) is 12.7 Å². The van der Waals surface area contributed by atoms with Crippen molar-refractivity contribution in [2.24, 2.45) is 5.84 Å². The highest BCUT2D eigenvalue weighted by molar-refractivity contribution is 5.74. The van der Waals surface area contributed by atoms with Gasteiger partial charge in [-0.3, -0.25) is 0 Å². The lowest BCUT2D eigenvalue weighted by Crippen LogP contribution is -2.13. The summed E-state index contributed by atoms with van der Waals surface area (Å²) >= 11 is 0. The maximum Gasteiger partial charge on any atom is 0.148 e. The molecule has 0 amide bonds. The number of hydrogen-bond donors (Lipinski definition) is 3. The molecule has 108 valence electrons. The molecule has 0 spiro atoms. The largest absolute Gasteiger partial charge is 0.495 e. The fourth-order valence-corrected chi connectivity index (χ4v) is 2.02. The summed E-state index contributed by atoms with van der Waals surface area (Å²) in [6.07, 6.45) is 2.08. The Labute approximate surface area is 122 Å². The van der Waals surface area contributed by atoms with Gasteiger partial charge in [-0.05, 0) is 18.6 Å². The number of methoxy groups -OCH3 is 1. The number of anilines is 3. The normalized spacial score (nSPS) is 9.81. The highest BCUT2D eigenvalue weighted by atomic mass is 16.5. The Bertz CT molecular complexity index is 680. The van der Waals surface area contributed by atoms with E-state index in [2.05, 4.69) is 26.8 Å². The summed E-state index contributed by atoms with van der Waals surface area (Å²) in [5, 5.41) is 12.4. The first-order valence-corrected chi connectivity index (χ1v) is 6.39. The lowest BCUT2D eigenvalue weighted by atomic mass is 10.1. The van der Waals surface area contributed by atoms with Crippen LogP contribution in [0.3, 0.4) is 0 Å². The Morgan fingerprint density at radius 1 is 1.33 bits per heavy atom. The van der Waals surface area contributed by atoms with Crippen LogP contribution >= 0.6 is 0 Å². The molecule has 21 heavy (non-hydrogen) atoms. The minimum Gasteiger partial charge on any atom is -0.495 e. The number of nitrogen functional groups attached to an aromatic ring is 1. The third-order valence-electron chi connectivity index (χ3n) is 3.05. The third-order valence-corrected chi connectivity index (χ3v) is 3.05. The van der Waals surface area contributed by atoms with Crippen LogP contribution in [0.25, 0.3) is 0 Å². The smallest absolute Gasteiger partial charge is 0.148 e. The first-order chi connectivity index (χ1) is 10.2. The second kappa shape index (κ2) is 6.54. The van der Waals surface area contributed by atoms with Crippen molar-refractivity contribution in [3.8, 4) is 11.8 Å². The van der Waals surface area contributed by atoms with Crippen LogP contribution < -0.4 is 21.3 Å². The molecule has 4 N–H and O–H groups in total. The van der Waals surface area contributed by atoms with E-state index in [4.69, 9.17) is 10.6 Å². The van der Waals surface area contributed by atoms with Gasteiger partial charge in [0.25, 0.3) is 0 Å². The molecule has 0 aliphatic carbocycles. The first kappa shape index (κ1) is 14.6. The summed E-state index contributed by atoms with van der Waals surface area (Å²) in [5.74, 6) is 7.15. The molecule has 0 bridgehead atoms. The molecule has 0 aliphatic heterocycles. The summed E-state index contributed by atoms with van der Waals surface area (Å²) in [5.41, 5.74) is 4.41. The fourth-order valence-electron chi connectivity index (χ4n) is 2.02. The van der Waals surface area contributed by atoms with Gasteiger partial charge in [-0.2, -0.15) is 5.26 Å². The topological polar surface area (TPSA) is 109 Å². The van der Waals surface area contributed by atoms with Crippen molar-refractivity contribution in [1.29, 1.82) is 5.26 Å². The molecule has 0 saturated heterocycles. The van der Waals surface area contributed by atoms with Crippen LogP contribution in [0.5, 0.6) is 5.75 Å². The van der Waals surface area contributed by atoms with Gasteiger partial charge in [0.1, 0.15) is 35.5 Å². The molecule has 0 radical (unpaired) electrons. The standard InChI is InChI=1S/C14H16N6O/c1-3-10-13(17-8-18-14(10)20-16)19-12-9(7-15)5-4-6-11(12)21-2/h4-6,8H,3,16H2,1-2H3,(H2,17,18,19,20). The van der Waals surface area contributed by atoms with Crippen LogP contribution in [-0.2, 0) is 6.42 Å². The molecule has 1 aromatic carbocycles. The van der Waals surface area contributed by atoms with E-state index in [1.807, 2.05) is 6.92 Å².